The molecule has 1 fully saturated rings. The Morgan fingerprint density at radius 1 is 1.22 bits per heavy atom. The van der Waals surface area contributed by atoms with E-state index < -0.39 is 41.9 Å². The summed E-state index contributed by atoms with van der Waals surface area (Å²) in [5.74, 6) is -15.5. The highest BCUT2D eigenvalue weighted by atomic mass is 32.1. The molecule has 1 rings (SSSR count). The molecular formula is C12H19F6O3P2+. The minimum Gasteiger partial charge on any atom is -0.477 e. The molecule has 2 atom stereocenters. The zero-order valence-electron chi connectivity index (χ0n) is 13.0. The fourth-order valence-electron chi connectivity index (χ4n) is 2.43. The summed E-state index contributed by atoms with van der Waals surface area (Å²) in [5, 5.41) is 8.13. The molecule has 1 aliphatic rings. The van der Waals surface area contributed by atoms with Gasteiger partial charge in [0.1, 0.15) is 5.60 Å². The number of carboxylic acids is 1. The van der Waals surface area contributed by atoms with Crippen LogP contribution in [-0.4, -0.2) is 54.1 Å². The molecule has 0 aromatic carbocycles. The molecule has 0 heterocycles. The van der Waals surface area contributed by atoms with Crippen molar-refractivity contribution in [3.8, 4) is 0 Å². The van der Waals surface area contributed by atoms with E-state index in [1.54, 1.807) is 13.3 Å². The van der Waals surface area contributed by atoms with Crippen molar-refractivity contribution in [1.29, 1.82) is 0 Å². The van der Waals surface area contributed by atoms with Crippen LogP contribution in [-0.2, 0) is 9.53 Å². The Bertz CT molecular complexity index is 504. The average molecular weight is 387 g/mol. The van der Waals surface area contributed by atoms with Gasteiger partial charge >= 0.3 is 23.9 Å². The number of ether oxygens (including phenoxy) is 1. The minimum absolute atomic E-state index is 0.00196. The van der Waals surface area contributed by atoms with E-state index in [2.05, 4.69) is 13.7 Å². The molecular weight excluding hydrogens is 368 g/mol. The number of aliphatic carboxylic acids is 1. The molecule has 0 aromatic rings. The summed E-state index contributed by atoms with van der Waals surface area (Å²) in [6.45, 7) is 4.62. The number of alkyl halides is 6. The molecule has 23 heavy (non-hydrogen) atoms. The highest BCUT2D eigenvalue weighted by Crippen LogP contribution is 2.72. The first-order valence-corrected chi connectivity index (χ1v) is 11.0. The van der Waals surface area contributed by atoms with Gasteiger partial charge in [-0.2, -0.15) is 26.3 Å². The van der Waals surface area contributed by atoms with Crippen LogP contribution in [0.4, 0.5) is 26.3 Å². The largest absolute Gasteiger partial charge is 0.477 e. The molecule has 11 heteroatoms. The van der Waals surface area contributed by atoms with Crippen LogP contribution in [0.5, 0.6) is 0 Å². The van der Waals surface area contributed by atoms with Crippen molar-refractivity contribution in [1.82, 2.24) is 0 Å². The molecule has 1 saturated carbocycles. The van der Waals surface area contributed by atoms with E-state index in [0.29, 0.717) is 0 Å². The topological polar surface area (TPSA) is 46.5 Å². The van der Waals surface area contributed by atoms with Gasteiger partial charge in [-0.1, -0.05) is 13.8 Å². The second kappa shape index (κ2) is 5.43. The zero-order valence-corrected chi connectivity index (χ0v) is 15.0. The van der Waals surface area contributed by atoms with Gasteiger partial charge < -0.3 is 9.84 Å². The standard InChI is InChI=1S/C12H18F6O3P2/c1-8(2)5-9(8,6-23(3,4)22)21-12(17,18)11(15,16)10(13,14)7(19)20/h5-6,22H2,1-4H3/p+1. The van der Waals surface area contributed by atoms with E-state index in [1.807, 2.05) is 0 Å². The maximum atomic E-state index is 13.8. The fraction of sp³-hybridized carbons (Fsp3) is 0.917. The van der Waals surface area contributed by atoms with Crippen LogP contribution in [0.3, 0.4) is 0 Å². The molecule has 0 amide bonds. The van der Waals surface area contributed by atoms with Gasteiger partial charge in [0.2, 0.25) is 0 Å². The molecule has 0 radical (unpaired) electrons. The van der Waals surface area contributed by atoms with Crippen molar-refractivity contribution in [3.63, 3.8) is 0 Å². The average Bonchev–Trinajstić information content (AvgIpc) is 2.73. The van der Waals surface area contributed by atoms with Crippen LogP contribution >= 0.6 is 15.9 Å². The van der Waals surface area contributed by atoms with Gasteiger partial charge in [0.15, 0.2) is 0 Å². The number of rotatable bonds is 7. The van der Waals surface area contributed by atoms with Crippen molar-refractivity contribution >= 4 is 21.8 Å². The lowest BCUT2D eigenvalue weighted by molar-refractivity contribution is -0.406. The molecule has 0 spiro atoms. The number of halogens is 6. The van der Waals surface area contributed by atoms with Gasteiger partial charge in [0, 0.05) is 21.3 Å². The first kappa shape index (κ1) is 20.9. The van der Waals surface area contributed by atoms with Crippen molar-refractivity contribution < 1.29 is 41.0 Å². The van der Waals surface area contributed by atoms with Crippen molar-refractivity contribution in [3.05, 3.63) is 0 Å². The monoisotopic (exact) mass is 387 g/mol. The summed E-state index contributed by atoms with van der Waals surface area (Å²) in [7, 11) is 2.44. The van der Waals surface area contributed by atoms with Crippen molar-refractivity contribution in [2.75, 3.05) is 19.5 Å². The zero-order chi connectivity index (χ0) is 18.7. The molecule has 0 saturated heterocycles. The number of carbonyl (C=O) groups is 1. The maximum Gasteiger partial charge on any atom is 0.427 e. The first-order chi connectivity index (χ1) is 9.81. The van der Waals surface area contributed by atoms with Crippen LogP contribution in [0, 0.1) is 5.41 Å². The quantitative estimate of drug-likeness (QED) is 0.527. The third kappa shape index (κ3) is 3.62. The van der Waals surface area contributed by atoms with Crippen molar-refractivity contribution in [2.45, 2.75) is 43.8 Å². The van der Waals surface area contributed by atoms with Crippen LogP contribution in [0.25, 0.3) is 0 Å². The normalized spacial score (nSPS) is 25.3. The Labute approximate surface area is 132 Å². The molecule has 3 nitrogen and oxygen atoms in total. The lowest BCUT2D eigenvalue weighted by atomic mass is 10.1. The number of carboxylic acid groups (broad SMARTS) is 1. The molecule has 0 aromatic heterocycles. The predicted octanol–water partition coefficient (Wildman–Crippen LogP) is 4.19. The Hall–Kier alpha value is -0.130. The lowest BCUT2D eigenvalue weighted by Crippen LogP contribution is -2.60. The third-order valence-electron chi connectivity index (χ3n) is 3.85. The van der Waals surface area contributed by atoms with E-state index in [4.69, 9.17) is 5.11 Å². The minimum atomic E-state index is -6.18. The second-order valence-electron chi connectivity index (χ2n) is 7.06. The fourth-order valence-corrected chi connectivity index (χ4v) is 5.24. The smallest absolute Gasteiger partial charge is 0.427 e. The molecule has 2 unspecified atom stereocenters. The van der Waals surface area contributed by atoms with Gasteiger partial charge in [-0.05, 0) is 6.42 Å². The molecule has 0 aliphatic heterocycles. The second-order valence-corrected chi connectivity index (χ2v) is 15.1. The Morgan fingerprint density at radius 2 is 1.61 bits per heavy atom. The maximum absolute atomic E-state index is 13.8. The molecule has 1 aliphatic carbocycles. The lowest BCUT2D eigenvalue weighted by Gasteiger charge is -2.34. The van der Waals surface area contributed by atoms with Gasteiger partial charge in [-0.3, -0.25) is 0 Å². The summed E-state index contributed by atoms with van der Waals surface area (Å²) < 4.78 is 84.8. The van der Waals surface area contributed by atoms with Crippen LogP contribution in [0.2, 0.25) is 0 Å². The van der Waals surface area contributed by atoms with Gasteiger partial charge in [-0.25, -0.2) is 4.79 Å². The van der Waals surface area contributed by atoms with Crippen LogP contribution < -0.4 is 0 Å². The summed E-state index contributed by atoms with van der Waals surface area (Å²) in [4.78, 5) is 10.2. The van der Waals surface area contributed by atoms with E-state index in [-0.39, 0.29) is 12.6 Å². The van der Waals surface area contributed by atoms with Gasteiger partial charge in [-0.15, -0.1) is 0 Å². The van der Waals surface area contributed by atoms with Crippen molar-refractivity contribution in [2.24, 2.45) is 5.41 Å². The Kier molecular flexibility index (Phi) is 4.94. The Balaban J connectivity index is 3.16. The van der Waals surface area contributed by atoms with E-state index in [1.165, 1.54) is 13.8 Å². The summed E-state index contributed by atoms with van der Waals surface area (Å²) in [5.41, 5.74) is -2.60. The highest BCUT2D eigenvalue weighted by Gasteiger charge is 2.80. The van der Waals surface area contributed by atoms with E-state index >= 15 is 0 Å². The van der Waals surface area contributed by atoms with E-state index in [9.17, 15) is 31.1 Å². The highest BCUT2D eigenvalue weighted by molar-refractivity contribution is 8.24. The molecule has 136 valence electrons. The Morgan fingerprint density at radius 3 is 1.87 bits per heavy atom. The van der Waals surface area contributed by atoms with Gasteiger partial charge in [0.05, 0.1) is 19.5 Å². The number of hydrogen-bond donors (Lipinski definition) is 1. The number of hydrogen-bond acceptors (Lipinski definition) is 2. The predicted molar refractivity (Wildman–Crippen MR) is 78.0 cm³/mol. The molecule has 0 bridgehead atoms. The first-order valence-electron chi connectivity index (χ1n) is 6.50. The third-order valence-corrected chi connectivity index (χ3v) is 5.72. The van der Waals surface area contributed by atoms with Crippen LogP contribution in [0.15, 0.2) is 0 Å². The SMILES string of the molecule is CC1(C)CC1(C[P+](C)(C)P)OC(F)(F)C(F)(F)C(F)(F)C(=O)O. The van der Waals surface area contributed by atoms with Gasteiger partial charge in [0.25, 0.3) is 0 Å². The summed E-state index contributed by atoms with van der Waals surface area (Å²) in [6, 6.07) is 0. The van der Waals surface area contributed by atoms with Crippen LogP contribution in [0.1, 0.15) is 20.3 Å². The molecule has 1 N–H and O–H groups in total. The summed E-state index contributed by atoms with van der Waals surface area (Å²) in [6.07, 6.45) is -5.63. The summed E-state index contributed by atoms with van der Waals surface area (Å²) >= 11 is 0. The van der Waals surface area contributed by atoms with E-state index in [0.717, 1.165) is 0 Å².